The fraction of sp³-hybridized carbons (Fsp3) is 0.222. The third kappa shape index (κ3) is 2.84. The van der Waals surface area contributed by atoms with Crippen LogP contribution in [0.1, 0.15) is 18.1 Å². The van der Waals surface area contributed by atoms with E-state index in [2.05, 4.69) is 6.58 Å². The van der Waals surface area contributed by atoms with Crippen molar-refractivity contribution in [3.63, 3.8) is 0 Å². The van der Waals surface area contributed by atoms with Crippen LogP contribution in [0.4, 0.5) is 0 Å². The van der Waals surface area contributed by atoms with Crippen LogP contribution in [0, 0.1) is 0 Å². The first-order valence-electron chi connectivity index (χ1n) is 7.39. The van der Waals surface area contributed by atoms with Gasteiger partial charge in [0.1, 0.15) is 17.6 Å². The summed E-state index contributed by atoms with van der Waals surface area (Å²) in [5.41, 5.74) is 1.45. The van der Waals surface area contributed by atoms with Gasteiger partial charge in [0.2, 0.25) is 9.84 Å². The molecule has 1 aliphatic heterocycles. The molecular weight excluding hydrogens is 312 g/mol. The standard InChI is InChI=1S/C18H18O4S/c1-3-4-13-10-15(5-7-17(13)19)23(20,21)16-6-8-18-14(11-16)9-12(2)22-18/h3,5-8,10-12,19H,1,4,9H2,2H3. The Bertz CT molecular complexity index is 869. The minimum Gasteiger partial charge on any atom is -0.508 e. The molecule has 5 heteroatoms. The Labute approximate surface area is 136 Å². The monoisotopic (exact) mass is 330 g/mol. The molecule has 0 fully saturated rings. The zero-order valence-electron chi connectivity index (χ0n) is 12.8. The Hall–Kier alpha value is -2.27. The van der Waals surface area contributed by atoms with Crippen molar-refractivity contribution in [1.29, 1.82) is 0 Å². The first-order valence-corrected chi connectivity index (χ1v) is 8.87. The van der Waals surface area contributed by atoms with Crippen LogP contribution in [0.5, 0.6) is 11.5 Å². The summed E-state index contributed by atoms with van der Waals surface area (Å²) >= 11 is 0. The average molecular weight is 330 g/mol. The van der Waals surface area contributed by atoms with Gasteiger partial charge in [-0.15, -0.1) is 6.58 Å². The van der Waals surface area contributed by atoms with Crippen LogP contribution in [0.15, 0.2) is 58.8 Å². The lowest BCUT2D eigenvalue weighted by molar-refractivity contribution is 0.254. The van der Waals surface area contributed by atoms with Gasteiger partial charge in [-0.3, -0.25) is 0 Å². The SMILES string of the molecule is C=CCc1cc(S(=O)(=O)c2ccc3c(c2)CC(C)O3)ccc1O. The van der Waals surface area contributed by atoms with E-state index in [4.69, 9.17) is 4.74 Å². The van der Waals surface area contributed by atoms with E-state index < -0.39 is 9.84 Å². The molecule has 3 rings (SSSR count). The van der Waals surface area contributed by atoms with E-state index in [1.807, 2.05) is 6.92 Å². The van der Waals surface area contributed by atoms with Crippen LogP contribution < -0.4 is 4.74 Å². The van der Waals surface area contributed by atoms with Gasteiger partial charge in [-0.05, 0) is 60.9 Å². The van der Waals surface area contributed by atoms with Crippen molar-refractivity contribution in [2.45, 2.75) is 35.7 Å². The molecule has 4 nitrogen and oxygen atoms in total. The largest absolute Gasteiger partial charge is 0.508 e. The average Bonchev–Trinajstić information content (AvgIpc) is 2.88. The topological polar surface area (TPSA) is 63.6 Å². The molecule has 0 bridgehead atoms. The lowest BCUT2D eigenvalue weighted by atomic mass is 10.1. The normalized spacial score (nSPS) is 16.7. The number of allylic oxidation sites excluding steroid dienone is 1. The fourth-order valence-electron chi connectivity index (χ4n) is 2.75. The molecule has 1 N–H and O–H groups in total. The number of hydrogen-bond acceptors (Lipinski definition) is 4. The van der Waals surface area contributed by atoms with Crippen molar-refractivity contribution in [3.05, 3.63) is 60.2 Å². The van der Waals surface area contributed by atoms with E-state index in [0.29, 0.717) is 18.4 Å². The molecule has 120 valence electrons. The Morgan fingerprint density at radius 1 is 1.26 bits per heavy atom. The second-order valence-electron chi connectivity index (χ2n) is 5.69. The zero-order valence-corrected chi connectivity index (χ0v) is 13.6. The van der Waals surface area contributed by atoms with Crippen molar-refractivity contribution < 1.29 is 18.3 Å². The summed E-state index contributed by atoms with van der Waals surface area (Å²) in [6.45, 7) is 5.57. The molecule has 1 aliphatic rings. The van der Waals surface area contributed by atoms with E-state index in [0.717, 1.165) is 11.3 Å². The van der Waals surface area contributed by atoms with E-state index in [-0.39, 0.29) is 21.6 Å². The summed E-state index contributed by atoms with van der Waals surface area (Å²) in [5.74, 6) is 0.814. The second-order valence-corrected chi connectivity index (χ2v) is 7.64. The van der Waals surface area contributed by atoms with Gasteiger partial charge in [-0.25, -0.2) is 8.42 Å². The molecule has 2 aromatic carbocycles. The van der Waals surface area contributed by atoms with Crippen molar-refractivity contribution >= 4 is 9.84 Å². The predicted molar refractivity (Wildman–Crippen MR) is 87.7 cm³/mol. The van der Waals surface area contributed by atoms with Crippen LogP contribution in [0.2, 0.25) is 0 Å². The van der Waals surface area contributed by atoms with E-state index in [1.165, 1.54) is 18.2 Å². The quantitative estimate of drug-likeness (QED) is 0.874. The first-order chi connectivity index (χ1) is 10.9. The zero-order chi connectivity index (χ0) is 16.6. The van der Waals surface area contributed by atoms with Gasteiger partial charge in [0, 0.05) is 6.42 Å². The maximum absolute atomic E-state index is 12.8. The minimum atomic E-state index is -3.64. The molecule has 0 radical (unpaired) electrons. The summed E-state index contributed by atoms with van der Waals surface area (Å²) in [5, 5.41) is 9.80. The van der Waals surface area contributed by atoms with Crippen LogP contribution in [-0.4, -0.2) is 19.6 Å². The van der Waals surface area contributed by atoms with Gasteiger partial charge < -0.3 is 9.84 Å². The van der Waals surface area contributed by atoms with Gasteiger partial charge in [-0.2, -0.15) is 0 Å². The van der Waals surface area contributed by atoms with Crippen molar-refractivity contribution in [1.82, 2.24) is 0 Å². The van der Waals surface area contributed by atoms with Crippen molar-refractivity contribution in [3.8, 4) is 11.5 Å². The number of phenolic OH excluding ortho intramolecular Hbond substituents is 1. The highest BCUT2D eigenvalue weighted by Gasteiger charge is 2.24. The third-order valence-electron chi connectivity index (χ3n) is 3.90. The summed E-state index contributed by atoms with van der Waals surface area (Å²) < 4.78 is 31.3. The molecule has 1 atom stereocenters. The summed E-state index contributed by atoms with van der Waals surface area (Å²) in [6.07, 6.45) is 2.80. The maximum atomic E-state index is 12.8. The number of ether oxygens (including phenoxy) is 1. The van der Waals surface area contributed by atoms with Crippen LogP contribution >= 0.6 is 0 Å². The van der Waals surface area contributed by atoms with Gasteiger partial charge in [-0.1, -0.05) is 6.08 Å². The molecule has 0 saturated heterocycles. The maximum Gasteiger partial charge on any atom is 0.206 e. The van der Waals surface area contributed by atoms with Gasteiger partial charge in [0.25, 0.3) is 0 Å². The summed E-state index contributed by atoms with van der Waals surface area (Å²) in [4.78, 5) is 0.406. The minimum absolute atomic E-state index is 0.0656. The Balaban J connectivity index is 2.04. The number of aromatic hydroxyl groups is 1. The first kappa shape index (κ1) is 15.6. The Morgan fingerprint density at radius 2 is 1.96 bits per heavy atom. The predicted octanol–water partition coefficient (Wildman–Crippen LogP) is 3.28. The van der Waals surface area contributed by atoms with Gasteiger partial charge in [0.05, 0.1) is 9.79 Å². The summed E-state index contributed by atoms with van der Waals surface area (Å²) in [7, 11) is -3.64. The molecule has 23 heavy (non-hydrogen) atoms. The summed E-state index contributed by atoms with van der Waals surface area (Å²) in [6, 6.07) is 9.27. The molecular formula is C18H18O4S. The highest BCUT2D eigenvalue weighted by Crippen LogP contribution is 2.33. The van der Waals surface area contributed by atoms with E-state index in [1.54, 1.807) is 24.3 Å². The fourth-order valence-corrected chi connectivity index (χ4v) is 4.11. The smallest absolute Gasteiger partial charge is 0.206 e. The molecule has 0 amide bonds. The molecule has 0 aliphatic carbocycles. The molecule has 0 aromatic heterocycles. The number of sulfone groups is 1. The van der Waals surface area contributed by atoms with Crippen LogP contribution in [0.3, 0.4) is 0 Å². The second kappa shape index (κ2) is 5.74. The third-order valence-corrected chi connectivity index (χ3v) is 5.65. The highest BCUT2D eigenvalue weighted by molar-refractivity contribution is 7.91. The highest BCUT2D eigenvalue weighted by atomic mass is 32.2. The number of benzene rings is 2. The Kier molecular flexibility index (Phi) is 3.90. The number of hydrogen-bond donors (Lipinski definition) is 1. The lowest BCUT2D eigenvalue weighted by Gasteiger charge is -2.09. The lowest BCUT2D eigenvalue weighted by Crippen LogP contribution is -2.05. The van der Waals surface area contributed by atoms with E-state index >= 15 is 0 Å². The van der Waals surface area contributed by atoms with Gasteiger partial charge >= 0.3 is 0 Å². The molecule has 0 saturated carbocycles. The molecule has 2 aromatic rings. The number of rotatable bonds is 4. The van der Waals surface area contributed by atoms with Crippen molar-refractivity contribution in [2.24, 2.45) is 0 Å². The Morgan fingerprint density at radius 3 is 2.70 bits per heavy atom. The number of phenols is 1. The van der Waals surface area contributed by atoms with Crippen LogP contribution in [-0.2, 0) is 22.7 Å². The molecule has 1 heterocycles. The number of fused-ring (bicyclic) bond motifs is 1. The van der Waals surface area contributed by atoms with Gasteiger partial charge in [0.15, 0.2) is 0 Å². The van der Waals surface area contributed by atoms with Crippen LogP contribution in [0.25, 0.3) is 0 Å². The molecule has 1 unspecified atom stereocenters. The molecule has 0 spiro atoms. The van der Waals surface area contributed by atoms with E-state index in [9.17, 15) is 13.5 Å². The van der Waals surface area contributed by atoms with Crippen molar-refractivity contribution in [2.75, 3.05) is 0 Å².